The molecule has 1 heterocycles. The molecule has 56 valence electrons. The monoisotopic (exact) mass is 142 g/mol. The van der Waals surface area contributed by atoms with Crippen LogP contribution in [0.1, 0.15) is 13.3 Å². The van der Waals surface area contributed by atoms with Crippen LogP contribution >= 0.6 is 0 Å². The molecule has 1 aliphatic heterocycles. The van der Waals surface area contributed by atoms with E-state index in [1.54, 1.807) is 12.2 Å². The Bertz CT molecular complexity index is 162. The molecule has 0 aromatic rings. The molecule has 0 radical (unpaired) electrons. The lowest BCUT2D eigenvalue weighted by Gasteiger charge is -2.05. The van der Waals surface area contributed by atoms with Gasteiger partial charge in [-0.15, -0.1) is 0 Å². The van der Waals surface area contributed by atoms with Gasteiger partial charge in [-0.25, -0.2) is 0 Å². The molecule has 1 fully saturated rings. The molecule has 2 atom stereocenters. The Morgan fingerprint density at radius 3 is 2.90 bits per heavy atom. The molecule has 3 nitrogen and oxygen atoms in total. The second-order valence-electron chi connectivity index (χ2n) is 2.25. The quantitative estimate of drug-likeness (QED) is 0.421. The molecular formula is C7H10O3. The second kappa shape index (κ2) is 2.84. The van der Waals surface area contributed by atoms with Crippen molar-refractivity contribution in [2.24, 2.45) is 0 Å². The predicted molar refractivity (Wildman–Crippen MR) is 35.3 cm³/mol. The van der Waals surface area contributed by atoms with Crippen molar-refractivity contribution in [3.8, 4) is 0 Å². The van der Waals surface area contributed by atoms with Crippen LogP contribution in [0.4, 0.5) is 0 Å². The van der Waals surface area contributed by atoms with E-state index in [9.17, 15) is 4.79 Å². The van der Waals surface area contributed by atoms with E-state index in [1.807, 2.05) is 6.92 Å². The minimum Gasteiger partial charge on any atom is -0.455 e. The van der Waals surface area contributed by atoms with Crippen LogP contribution < -0.4 is 0 Å². The van der Waals surface area contributed by atoms with Gasteiger partial charge in [0.2, 0.25) is 0 Å². The van der Waals surface area contributed by atoms with E-state index >= 15 is 0 Å². The third-order valence-corrected chi connectivity index (χ3v) is 1.40. The zero-order valence-corrected chi connectivity index (χ0v) is 5.78. The zero-order chi connectivity index (χ0) is 7.56. The first-order valence-corrected chi connectivity index (χ1v) is 3.24. The fourth-order valence-electron chi connectivity index (χ4n) is 0.923. The van der Waals surface area contributed by atoms with Gasteiger partial charge < -0.3 is 9.84 Å². The van der Waals surface area contributed by atoms with Gasteiger partial charge in [0.15, 0.2) is 0 Å². The molecule has 0 aliphatic carbocycles. The van der Waals surface area contributed by atoms with E-state index in [4.69, 9.17) is 9.84 Å². The van der Waals surface area contributed by atoms with Gasteiger partial charge >= 0.3 is 5.97 Å². The average Bonchev–Trinajstić information content (AvgIpc) is 2.13. The lowest BCUT2D eigenvalue weighted by atomic mass is 10.2. The summed E-state index contributed by atoms with van der Waals surface area (Å²) in [6, 6.07) is 0. The largest absolute Gasteiger partial charge is 0.455 e. The Morgan fingerprint density at radius 2 is 2.50 bits per heavy atom. The first-order chi connectivity index (χ1) is 4.74. The number of aliphatic hydroxyl groups is 1. The number of cyclic esters (lactones) is 1. The highest BCUT2D eigenvalue weighted by Crippen LogP contribution is 2.15. The SMILES string of the molecule is C/C=C/[C@@H]1OC(=O)C[C@@H]1O. The maximum Gasteiger partial charge on any atom is 0.309 e. The molecule has 10 heavy (non-hydrogen) atoms. The maximum atomic E-state index is 10.5. The Labute approximate surface area is 59.3 Å². The molecule has 1 rings (SSSR count). The summed E-state index contributed by atoms with van der Waals surface area (Å²) in [4.78, 5) is 10.5. The van der Waals surface area contributed by atoms with Crippen LogP contribution in [0.5, 0.6) is 0 Å². The van der Waals surface area contributed by atoms with Crippen molar-refractivity contribution < 1.29 is 14.6 Å². The third-order valence-electron chi connectivity index (χ3n) is 1.40. The van der Waals surface area contributed by atoms with E-state index in [-0.39, 0.29) is 12.4 Å². The van der Waals surface area contributed by atoms with Gasteiger partial charge in [-0.1, -0.05) is 6.08 Å². The van der Waals surface area contributed by atoms with E-state index in [1.165, 1.54) is 0 Å². The third kappa shape index (κ3) is 1.36. The highest BCUT2D eigenvalue weighted by Gasteiger charge is 2.30. The Morgan fingerprint density at radius 1 is 1.80 bits per heavy atom. The molecule has 1 N–H and O–H groups in total. The van der Waals surface area contributed by atoms with Gasteiger partial charge in [-0.05, 0) is 13.0 Å². The van der Waals surface area contributed by atoms with Crippen molar-refractivity contribution in [2.75, 3.05) is 0 Å². The van der Waals surface area contributed by atoms with Crippen LogP contribution in [0.25, 0.3) is 0 Å². The van der Waals surface area contributed by atoms with Crippen molar-refractivity contribution in [1.82, 2.24) is 0 Å². The first kappa shape index (κ1) is 7.28. The number of carbonyl (C=O) groups is 1. The van der Waals surface area contributed by atoms with Crippen LogP contribution in [-0.4, -0.2) is 23.3 Å². The number of esters is 1. The molecule has 0 aromatic carbocycles. The van der Waals surface area contributed by atoms with Gasteiger partial charge in [0.05, 0.1) is 6.42 Å². The van der Waals surface area contributed by atoms with E-state index in [0.717, 1.165) is 0 Å². The summed E-state index contributed by atoms with van der Waals surface area (Å²) in [7, 11) is 0. The zero-order valence-electron chi connectivity index (χ0n) is 5.78. The number of allylic oxidation sites excluding steroid dienone is 1. The summed E-state index contributed by atoms with van der Waals surface area (Å²) in [6.07, 6.45) is 2.48. The molecule has 0 amide bonds. The predicted octanol–water partition coefficient (Wildman–Crippen LogP) is 0.239. The van der Waals surface area contributed by atoms with Gasteiger partial charge in [0.1, 0.15) is 12.2 Å². The van der Waals surface area contributed by atoms with Crippen molar-refractivity contribution in [3.63, 3.8) is 0 Å². The highest BCUT2D eigenvalue weighted by molar-refractivity contribution is 5.72. The van der Waals surface area contributed by atoms with Crippen LogP contribution in [0.3, 0.4) is 0 Å². The summed E-state index contributed by atoms with van der Waals surface area (Å²) in [5.74, 6) is -0.324. The molecule has 0 spiro atoms. The normalized spacial score (nSPS) is 33.2. The summed E-state index contributed by atoms with van der Waals surface area (Å²) < 4.78 is 4.74. The average molecular weight is 142 g/mol. The van der Waals surface area contributed by atoms with E-state index in [0.29, 0.717) is 0 Å². The lowest BCUT2D eigenvalue weighted by molar-refractivity contribution is -0.140. The summed E-state index contributed by atoms with van der Waals surface area (Å²) in [5, 5.41) is 9.09. The molecule has 0 saturated carbocycles. The first-order valence-electron chi connectivity index (χ1n) is 3.24. The number of ether oxygens (including phenoxy) is 1. The summed E-state index contributed by atoms with van der Waals surface area (Å²) >= 11 is 0. The molecule has 1 aliphatic rings. The molecule has 0 aromatic heterocycles. The lowest BCUT2D eigenvalue weighted by Crippen LogP contribution is -2.17. The summed E-state index contributed by atoms with van der Waals surface area (Å²) in [6.45, 7) is 1.82. The number of rotatable bonds is 1. The van der Waals surface area contributed by atoms with Gasteiger partial charge in [0.25, 0.3) is 0 Å². The molecule has 1 saturated heterocycles. The minimum absolute atomic E-state index is 0.120. The van der Waals surface area contributed by atoms with Gasteiger partial charge in [0, 0.05) is 0 Å². The number of hydrogen-bond donors (Lipinski definition) is 1. The Balaban J connectivity index is 2.54. The Kier molecular flexibility index (Phi) is 2.06. The van der Waals surface area contributed by atoms with Crippen molar-refractivity contribution in [2.45, 2.75) is 25.6 Å². The number of aliphatic hydroxyl groups excluding tert-OH is 1. The smallest absolute Gasteiger partial charge is 0.309 e. The standard InChI is InChI=1S/C7H10O3/c1-2-3-6-5(8)4-7(9)10-6/h2-3,5-6,8H,4H2,1H3/b3-2+/t5-,6-/m0/s1. The fraction of sp³-hybridized carbons (Fsp3) is 0.571. The minimum atomic E-state index is -0.649. The molecular weight excluding hydrogens is 132 g/mol. The molecule has 3 heteroatoms. The fourth-order valence-corrected chi connectivity index (χ4v) is 0.923. The van der Waals surface area contributed by atoms with Crippen molar-refractivity contribution in [1.29, 1.82) is 0 Å². The van der Waals surface area contributed by atoms with Gasteiger partial charge in [-0.2, -0.15) is 0 Å². The van der Waals surface area contributed by atoms with E-state index in [2.05, 4.69) is 0 Å². The van der Waals surface area contributed by atoms with E-state index < -0.39 is 12.2 Å². The second-order valence-corrected chi connectivity index (χ2v) is 2.25. The van der Waals surface area contributed by atoms with Crippen LogP contribution in [0.2, 0.25) is 0 Å². The van der Waals surface area contributed by atoms with Crippen molar-refractivity contribution >= 4 is 5.97 Å². The molecule has 0 bridgehead atoms. The molecule has 0 unspecified atom stereocenters. The summed E-state index contributed by atoms with van der Waals surface area (Å²) in [5.41, 5.74) is 0. The highest BCUT2D eigenvalue weighted by atomic mass is 16.6. The topological polar surface area (TPSA) is 46.5 Å². The van der Waals surface area contributed by atoms with Crippen LogP contribution in [0, 0.1) is 0 Å². The van der Waals surface area contributed by atoms with Crippen LogP contribution in [-0.2, 0) is 9.53 Å². The number of carbonyl (C=O) groups excluding carboxylic acids is 1. The number of hydrogen-bond acceptors (Lipinski definition) is 3. The van der Waals surface area contributed by atoms with Gasteiger partial charge in [-0.3, -0.25) is 4.79 Å². The van der Waals surface area contributed by atoms with Crippen molar-refractivity contribution in [3.05, 3.63) is 12.2 Å². The Hall–Kier alpha value is -0.830. The maximum absolute atomic E-state index is 10.5. The van der Waals surface area contributed by atoms with Crippen LogP contribution in [0.15, 0.2) is 12.2 Å².